The van der Waals surface area contributed by atoms with Crippen LogP contribution in [0.5, 0.6) is 0 Å². The number of hydrogen-bond acceptors (Lipinski definition) is 4. The summed E-state index contributed by atoms with van der Waals surface area (Å²) < 4.78 is 16.4. The van der Waals surface area contributed by atoms with Gasteiger partial charge in [0.1, 0.15) is 43.0 Å². The number of pyridine rings is 2. The van der Waals surface area contributed by atoms with Crippen molar-refractivity contribution in [3.05, 3.63) is 48.4 Å². The van der Waals surface area contributed by atoms with Crippen molar-refractivity contribution in [2.45, 2.75) is 0 Å². The predicted molar refractivity (Wildman–Crippen MR) is 118 cm³/mol. The summed E-state index contributed by atoms with van der Waals surface area (Å²) in [5, 5.41) is 4.03. The molecule has 0 aliphatic rings. The van der Waals surface area contributed by atoms with E-state index >= 15 is 0 Å². The first-order chi connectivity index (χ1) is 14.3. The molecule has 0 unspecified atom stereocenters. The highest BCUT2D eigenvalue weighted by molar-refractivity contribution is 6.63. The van der Waals surface area contributed by atoms with Crippen LogP contribution in [0.2, 0.25) is 0 Å². The number of fused-ring (bicyclic) bond motifs is 1. The van der Waals surface area contributed by atoms with E-state index in [4.69, 9.17) is 31.4 Å². The van der Waals surface area contributed by atoms with Crippen LogP contribution in [0.25, 0.3) is 22.2 Å². The Morgan fingerprint density at radius 2 is 1.67 bits per heavy atom. The molecule has 8 radical (unpaired) electrons. The Balaban J connectivity index is 1.71. The van der Waals surface area contributed by atoms with E-state index in [2.05, 4.69) is 20.3 Å². The molecule has 3 aromatic heterocycles. The van der Waals surface area contributed by atoms with Gasteiger partial charge in [-0.15, -0.1) is 10.9 Å². The molecule has 1 aromatic carbocycles. The molecular weight excluding hydrogens is 376 g/mol. The van der Waals surface area contributed by atoms with Gasteiger partial charge in [0.2, 0.25) is 0 Å². The molecule has 0 fully saturated rings. The zero-order chi connectivity index (χ0) is 21.6. The normalized spacial score (nSPS) is 11.0. The third-order valence-corrected chi connectivity index (χ3v) is 4.75. The van der Waals surface area contributed by atoms with Crippen LogP contribution in [-0.4, -0.2) is 56.8 Å². The van der Waals surface area contributed by atoms with Crippen LogP contribution in [0.15, 0.2) is 37.1 Å². The van der Waals surface area contributed by atoms with Crippen molar-refractivity contribution in [1.82, 2.24) is 19.5 Å². The molecule has 0 bridgehead atoms. The Morgan fingerprint density at radius 3 is 2.37 bits per heavy atom. The highest BCUT2D eigenvalue weighted by atomic mass is 19.1. The topological polar surface area (TPSA) is 72.7 Å². The maximum atomic E-state index is 14.5. The van der Waals surface area contributed by atoms with E-state index in [0.29, 0.717) is 5.69 Å². The van der Waals surface area contributed by atoms with Gasteiger partial charge in [0.25, 0.3) is 5.91 Å². The summed E-state index contributed by atoms with van der Waals surface area (Å²) in [6, 6.07) is 3.46. The maximum absolute atomic E-state index is 14.5. The number of benzene rings is 1. The number of anilines is 1. The lowest BCUT2D eigenvalue weighted by molar-refractivity contribution is 0.102. The number of aryl methyl sites for hydroxylation is 1. The van der Waals surface area contributed by atoms with Gasteiger partial charge in [0, 0.05) is 24.8 Å². The van der Waals surface area contributed by atoms with Crippen LogP contribution in [0.1, 0.15) is 10.4 Å². The second-order valence-electron chi connectivity index (χ2n) is 6.67. The molecule has 0 aliphatic heterocycles. The van der Waals surface area contributed by atoms with E-state index in [9.17, 15) is 9.18 Å². The molecule has 0 aliphatic carbocycles. The molecule has 0 saturated heterocycles. The zero-order valence-corrected chi connectivity index (χ0v) is 15.8. The largest absolute Gasteiger partial charge is 0.332 e. The summed E-state index contributed by atoms with van der Waals surface area (Å²) in [6.45, 7) is 0. The van der Waals surface area contributed by atoms with Crippen molar-refractivity contribution in [2.24, 2.45) is 7.05 Å². The highest BCUT2D eigenvalue weighted by Gasteiger charge is 2.20. The summed E-state index contributed by atoms with van der Waals surface area (Å²) in [5.41, 5.74) is -0.0721. The smallest absolute Gasteiger partial charge is 0.259 e. The number of hydrogen-bond donors (Lipinski definition) is 1. The first-order valence-corrected chi connectivity index (χ1v) is 8.73. The number of halogens is 1. The lowest BCUT2D eigenvalue weighted by atomic mass is 9.65. The third-order valence-electron chi connectivity index (χ3n) is 4.75. The summed E-state index contributed by atoms with van der Waals surface area (Å²) in [4.78, 5) is 25.3. The van der Waals surface area contributed by atoms with Crippen LogP contribution in [0.3, 0.4) is 0 Å². The minimum absolute atomic E-state index is 0.155. The Morgan fingerprint density at radius 1 is 0.967 bits per heavy atom. The standard InChI is InChI=1S/C19H10B4FN5O/c1-29-7-25-6-11(29)10-2-8-3-12(27-5-9(8)4-26-10)28-19(30)13-14(20)15(21)16(22)17(23)18(13)24/h2-7H,1H3,(H,27,28,30). The monoisotopic (exact) mass is 387 g/mol. The molecule has 4 aromatic rings. The minimum atomic E-state index is -1.04. The molecule has 0 spiro atoms. The van der Waals surface area contributed by atoms with Gasteiger partial charge in [-0.05, 0) is 17.5 Å². The molecule has 30 heavy (non-hydrogen) atoms. The fourth-order valence-corrected chi connectivity index (χ4v) is 3.05. The van der Waals surface area contributed by atoms with E-state index < -0.39 is 22.8 Å². The first-order valence-electron chi connectivity index (χ1n) is 8.73. The summed E-state index contributed by atoms with van der Waals surface area (Å²) >= 11 is 0. The van der Waals surface area contributed by atoms with Crippen LogP contribution >= 0.6 is 0 Å². The molecule has 6 nitrogen and oxygen atoms in total. The second kappa shape index (κ2) is 7.48. The van der Waals surface area contributed by atoms with Crippen molar-refractivity contribution >= 4 is 75.7 Å². The highest BCUT2D eigenvalue weighted by Crippen LogP contribution is 2.22. The number of carbonyl (C=O) groups excluding carboxylic acids is 1. The van der Waals surface area contributed by atoms with Crippen molar-refractivity contribution < 1.29 is 9.18 Å². The van der Waals surface area contributed by atoms with E-state index in [1.165, 1.54) is 6.20 Å². The molecule has 1 amide bonds. The van der Waals surface area contributed by atoms with E-state index in [0.717, 1.165) is 16.5 Å². The molecule has 136 valence electrons. The van der Waals surface area contributed by atoms with Crippen molar-refractivity contribution in [3.63, 3.8) is 0 Å². The average molecular weight is 387 g/mol. The van der Waals surface area contributed by atoms with Gasteiger partial charge in [-0.2, -0.15) is 0 Å². The van der Waals surface area contributed by atoms with E-state index in [-0.39, 0.29) is 22.2 Å². The van der Waals surface area contributed by atoms with Crippen LogP contribution in [-0.2, 0) is 7.05 Å². The summed E-state index contributed by atoms with van der Waals surface area (Å²) in [5.74, 6) is -1.71. The van der Waals surface area contributed by atoms with Crippen LogP contribution < -0.4 is 27.2 Å². The SMILES string of the molecule is [B]c1c([B])c([B])c(C(=O)Nc2cc3cc(-c4cncn4C)ncc3cn2)c(F)c1[B]. The first kappa shape index (κ1) is 19.9. The lowest BCUT2D eigenvalue weighted by Crippen LogP contribution is -2.52. The maximum Gasteiger partial charge on any atom is 0.259 e. The number of nitrogens with one attached hydrogen (secondary N) is 1. The molecule has 0 atom stereocenters. The van der Waals surface area contributed by atoms with Gasteiger partial charge < -0.3 is 9.88 Å². The Bertz CT molecular complexity index is 1300. The average Bonchev–Trinajstić information content (AvgIpc) is 3.16. The van der Waals surface area contributed by atoms with Crippen LogP contribution in [0.4, 0.5) is 10.2 Å². The van der Waals surface area contributed by atoms with Gasteiger partial charge in [-0.25, -0.2) is 14.4 Å². The van der Waals surface area contributed by atoms with E-state index in [1.807, 2.05) is 17.7 Å². The molecule has 1 N–H and O–H groups in total. The number of aromatic nitrogens is 4. The van der Waals surface area contributed by atoms with E-state index in [1.54, 1.807) is 24.8 Å². The number of imidazole rings is 1. The van der Waals surface area contributed by atoms with Gasteiger partial charge in [0.15, 0.2) is 0 Å². The number of amides is 1. The minimum Gasteiger partial charge on any atom is -0.332 e. The zero-order valence-electron chi connectivity index (χ0n) is 15.8. The quantitative estimate of drug-likeness (QED) is 0.440. The predicted octanol–water partition coefficient (Wildman–Crippen LogP) is -1.40. The Labute approximate surface area is 177 Å². The fourth-order valence-electron chi connectivity index (χ4n) is 3.05. The molecule has 0 saturated carbocycles. The Kier molecular flexibility index (Phi) is 4.97. The fraction of sp³-hybridized carbons (Fsp3) is 0.0526. The van der Waals surface area contributed by atoms with Gasteiger partial charge in [-0.1, -0.05) is 10.9 Å². The molecule has 11 heteroatoms. The Hall–Kier alpha value is -3.35. The summed E-state index contributed by atoms with van der Waals surface area (Å²) in [6.07, 6.45) is 6.56. The molecule has 4 rings (SSSR count). The molecular formula is C19H10B4FN5O. The third kappa shape index (κ3) is 3.30. The lowest BCUT2D eigenvalue weighted by Gasteiger charge is -2.17. The van der Waals surface area contributed by atoms with Gasteiger partial charge in [0.05, 0.1) is 29.5 Å². The van der Waals surface area contributed by atoms with Crippen molar-refractivity contribution in [2.75, 3.05) is 5.32 Å². The number of rotatable bonds is 3. The van der Waals surface area contributed by atoms with Crippen molar-refractivity contribution in [3.8, 4) is 11.4 Å². The number of nitrogens with zero attached hydrogens (tertiary/aromatic N) is 4. The second-order valence-corrected chi connectivity index (χ2v) is 6.67. The molecule has 3 heterocycles. The van der Waals surface area contributed by atoms with Gasteiger partial charge >= 0.3 is 0 Å². The van der Waals surface area contributed by atoms with Crippen molar-refractivity contribution in [1.29, 1.82) is 0 Å². The van der Waals surface area contributed by atoms with Gasteiger partial charge in [-0.3, -0.25) is 9.78 Å². The number of carbonyl (C=O) groups is 1. The summed E-state index contributed by atoms with van der Waals surface area (Å²) in [7, 11) is 24.6. The van der Waals surface area contributed by atoms with Crippen LogP contribution in [0, 0.1) is 5.82 Å².